The van der Waals surface area contributed by atoms with Gasteiger partial charge in [0.2, 0.25) is 5.88 Å². The first kappa shape index (κ1) is 26.1. The second kappa shape index (κ2) is 9.34. The average Bonchev–Trinajstić information content (AvgIpc) is 3.21. The summed E-state index contributed by atoms with van der Waals surface area (Å²) in [5.74, 6) is -2.76. The predicted octanol–water partition coefficient (Wildman–Crippen LogP) is 5.58. The first-order valence-corrected chi connectivity index (χ1v) is 11.6. The van der Waals surface area contributed by atoms with Crippen LogP contribution in [0.25, 0.3) is 27.9 Å². The molecule has 0 saturated carbocycles. The zero-order valence-corrected chi connectivity index (χ0v) is 21.0. The molecule has 8 nitrogen and oxygen atoms in total. The number of aromatic nitrogens is 3. The highest BCUT2D eigenvalue weighted by molar-refractivity contribution is 5.91. The second-order valence-electron chi connectivity index (χ2n) is 8.95. The van der Waals surface area contributed by atoms with E-state index in [1.165, 1.54) is 26.1 Å². The van der Waals surface area contributed by atoms with Crippen LogP contribution in [0.4, 0.5) is 22.0 Å². The number of benzene rings is 1. The molecule has 1 aliphatic heterocycles. The Morgan fingerprint density at radius 3 is 2.46 bits per heavy atom. The van der Waals surface area contributed by atoms with Crippen molar-refractivity contribution in [3.63, 3.8) is 0 Å². The molecule has 3 N–H and O–H groups in total. The van der Waals surface area contributed by atoms with Crippen molar-refractivity contribution in [2.24, 2.45) is 0 Å². The lowest BCUT2D eigenvalue weighted by molar-refractivity contribution is -0.138. The van der Waals surface area contributed by atoms with Crippen LogP contribution in [0.15, 0.2) is 47.2 Å². The molecule has 1 aromatic carbocycles. The molecule has 0 unspecified atom stereocenters. The maximum Gasteiger partial charge on any atom is 0.418 e. The summed E-state index contributed by atoms with van der Waals surface area (Å²) in [5, 5.41) is 1.90. The van der Waals surface area contributed by atoms with Crippen LogP contribution in [-0.4, -0.2) is 27.0 Å². The van der Waals surface area contributed by atoms with E-state index in [2.05, 4.69) is 25.9 Å². The van der Waals surface area contributed by atoms with Crippen LogP contribution < -0.4 is 21.1 Å². The Hall–Kier alpha value is -4.52. The molecular weight excluding hydrogens is 523 g/mol. The average molecular weight is 547 g/mol. The minimum atomic E-state index is -4.76. The summed E-state index contributed by atoms with van der Waals surface area (Å²) >= 11 is 0. The van der Waals surface area contributed by atoms with Crippen molar-refractivity contribution in [1.82, 2.24) is 30.9 Å². The lowest BCUT2D eigenvalue weighted by Gasteiger charge is -2.18. The van der Waals surface area contributed by atoms with Crippen LogP contribution in [0.5, 0.6) is 11.6 Å². The maximum atomic E-state index is 14.2. The van der Waals surface area contributed by atoms with Gasteiger partial charge in [-0.25, -0.2) is 13.8 Å². The third kappa shape index (κ3) is 4.44. The monoisotopic (exact) mass is 546 g/mol. The lowest BCUT2D eigenvalue weighted by Crippen LogP contribution is -2.34. The lowest BCUT2D eigenvalue weighted by atomic mass is 10.0. The number of nitrogens with one attached hydrogen (secondary N) is 3. The Bertz CT molecular complexity index is 1740. The molecule has 0 radical (unpaired) electrons. The van der Waals surface area contributed by atoms with E-state index < -0.39 is 28.8 Å². The first-order chi connectivity index (χ1) is 18.4. The van der Waals surface area contributed by atoms with Crippen molar-refractivity contribution in [1.29, 1.82) is 0 Å². The summed E-state index contributed by atoms with van der Waals surface area (Å²) in [4.78, 5) is 24.6. The van der Waals surface area contributed by atoms with E-state index in [1.54, 1.807) is 12.1 Å². The number of aromatic amines is 1. The van der Waals surface area contributed by atoms with Gasteiger partial charge in [-0.15, -0.1) is 5.53 Å². The smallest absolute Gasteiger partial charge is 0.418 e. The third-order valence-electron chi connectivity index (χ3n) is 6.57. The van der Waals surface area contributed by atoms with Gasteiger partial charge < -0.3 is 9.72 Å². The number of nitrogens with zero attached hydrogens (tertiary/aromatic N) is 3. The topological polar surface area (TPSA) is 95.2 Å². The van der Waals surface area contributed by atoms with Gasteiger partial charge in [0.25, 0.3) is 0 Å². The van der Waals surface area contributed by atoms with Crippen molar-refractivity contribution in [2.45, 2.75) is 26.9 Å². The van der Waals surface area contributed by atoms with Crippen LogP contribution in [0.3, 0.4) is 0 Å². The van der Waals surface area contributed by atoms with Gasteiger partial charge in [0.1, 0.15) is 11.4 Å². The Labute approximate surface area is 219 Å². The van der Waals surface area contributed by atoms with E-state index in [-0.39, 0.29) is 40.8 Å². The fourth-order valence-electron chi connectivity index (χ4n) is 4.35. The van der Waals surface area contributed by atoms with E-state index in [9.17, 15) is 26.7 Å². The number of fused-ring (bicyclic) bond motifs is 1. The van der Waals surface area contributed by atoms with Gasteiger partial charge in [0, 0.05) is 32.5 Å². The van der Waals surface area contributed by atoms with Crippen molar-refractivity contribution in [3.8, 4) is 22.9 Å². The van der Waals surface area contributed by atoms with Gasteiger partial charge in [-0.2, -0.15) is 13.2 Å². The Balaban J connectivity index is 0.00000370. The van der Waals surface area contributed by atoms with E-state index in [0.717, 1.165) is 23.9 Å². The zero-order valence-electron chi connectivity index (χ0n) is 21.0. The molecule has 0 bridgehead atoms. The van der Waals surface area contributed by atoms with Crippen molar-refractivity contribution >= 4 is 16.6 Å². The number of hydrogen-bond acceptors (Lipinski definition) is 7. The van der Waals surface area contributed by atoms with Crippen LogP contribution in [0.1, 0.15) is 30.7 Å². The molecule has 39 heavy (non-hydrogen) atoms. The van der Waals surface area contributed by atoms with Gasteiger partial charge in [-0.3, -0.25) is 20.2 Å². The van der Waals surface area contributed by atoms with Crippen molar-refractivity contribution < 1.29 is 28.1 Å². The zero-order chi connectivity index (χ0) is 28.2. The van der Waals surface area contributed by atoms with Crippen LogP contribution >= 0.6 is 0 Å². The van der Waals surface area contributed by atoms with E-state index in [0.29, 0.717) is 23.1 Å². The molecule has 5 rings (SSSR count). The predicted molar refractivity (Wildman–Crippen MR) is 135 cm³/mol. The molecule has 204 valence electrons. The first-order valence-electron chi connectivity index (χ1n) is 11.6. The number of halogens is 5. The van der Waals surface area contributed by atoms with Gasteiger partial charge in [0.05, 0.1) is 39.1 Å². The molecule has 4 heterocycles. The van der Waals surface area contributed by atoms with E-state index in [4.69, 9.17) is 4.74 Å². The fraction of sp³-hybridized carbons (Fsp3) is 0.192. The standard InChI is InChI=1S/C26H21F5N6O2.H2/c1-11-14(26(29,30)31)10-33-25(39-19-6-5-15(27)22(28)12(19)2)20(11)17-9-18(38)21-16(34-17)7-8-32-24(21)23-13(3)37(4)36-35-23;/h5-10,35-36H,1-4H3,(H,34,38);1H. The van der Waals surface area contributed by atoms with Gasteiger partial charge in [0.15, 0.2) is 17.1 Å². The summed E-state index contributed by atoms with van der Waals surface area (Å²) in [6.07, 6.45) is -2.71. The Morgan fingerprint density at radius 1 is 1.05 bits per heavy atom. The van der Waals surface area contributed by atoms with Gasteiger partial charge in [-0.1, -0.05) is 0 Å². The number of rotatable bonds is 4. The molecule has 0 atom stereocenters. The number of H-pyrrole nitrogens is 1. The number of hydrazine groups is 2. The van der Waals surface area contributed by atoms with Crippen molar-refractivity contribution in [2.75, 3.05) is 7.05 Å². The normalized spacial score (nSPS) is 13.8. The van der Waals surface area contributed by atoms with Crippen LogP contribution in [0.2, 0.25) is 0 Å². The summed E-state index contributed by atoms with van der Waals surface area (Å²) in [5.41, 5.74) is 5.55. The maximum absolute atomic E-state index is 14.2. The van der Waals surface area contributed by atoms with E-state index in [1.807, 2.05) is 6.92 Å². The molecule has 13 heteroatoms. The Kier molecular flexibility index (Phi) is 6.25. The highest BCUT2D eigenvalue weighted by atomic mass is 19.4. The molecular formula is C26H23F5N6O2. The van der Waals surface area contributed by atoms with Crippen LogP contribution in [0, 0.1) is 25.5 Å². The summed E-state index contributed by atoms with van der Waals surface area (Å²) in [7, 11) is 1.77. The molecule has 0 amide bonds. The van der Waals surface area contributed by atoms with E-state index >= 15 is 0 Å². The summed E-state index contributed by atoms with van der Waals surface area (Å²) < 4.78 is 75.0. The number of hydrogen-bond donors (Lipinski definition) is 3. The molecule has 0 aliphatic carbocycles. The molecule has 0 spiro atoms. The number of alkyl halides is 3. The molecule has 0 saturated heterocycles. The number of pyridine rings is 3. The quantitative estimate of drug-likeness (QED) is 0.288. The minimum absolute atomic E-state index is 0. The number of allylic oxidation sites excluding steroid dienone is 1. The third-order valence-corrected chi connectivity index (χ3v) is 6.57. The SMILES string of the molecule is CC1=C(c2nccc3[nH]c(-c4c(Oc5ccc(F)c(F)c5C)ncc(C(F)(F)F)c4C)cc(=O)c23)NNN1C.[HH]. The second-order valence-corrected chi connectivity index (χ2v) is 8.95. The number of ether oxygens (including phenoxy) is 1. The van der Waals surface area contributed by atoms with Crippen LogP contribution in [-0.2, 0) is 6.18 Å². The highest BCUT2D eigenvalue weighted by Crippen LogP contribution is 2.41. The van der Waals surface area contributed by atoms with Gasteiger partial charge >= 0.3 is 6.18 Å². The summed E-state index contributed by atoms with van der Waals surface area (Å²) in [6.45, 7) is 4.28. The molecule has 3 aromatic heterocycles. The Morgan fingerprint density at radius 2 is 1.79 bits per heavy atom. The van der Waals surface area contributed by atoms with Crippen molar-refractivity contribution in [3.05, 3.63) is 86.6 Å². The van der Waals surface area contributed by atoms with Gasteiger partial charge in [-0.05, 0) is 44.5 Å². The molecule has 4 aromatic rings. The largest absolute Gasteiger partial charge is 0.438 e. The summed E-state index contributed by atoms with van der Waals surface area (Å²) in [6, 6.07) is 4.62. The molecule has 0 fully saturated rings. The fourth-order valence-corrected chi connectivity index (χ4v) is 4.35. The highest BCUT2D eigenvalue weighted by Gasteiger charge is 2.35. The molecule has 1 aliphatic rings. The minimum Gasteiger partial charge on any atom is -0.438 e.